The molecule has 0 aromatic heterocycles. The fourth-order valence-electron chi connectivity index (χ4n) is 2.18. The number of carbonyl (C=O) groups is 1. The Morgan fingerprint density at radius 1 is 1.14 bits per heavy atom. The summed E-state index contributed by atoms with van der Waals surface area (Å²) in [6.07, 6.45) is 1.21. The highest BCUT2D eigenvalue weighted by molar-refractivity contribution is 5.90. The molecule has 0 fully saturated rings. The van der Waals surface area contributed by atoms with Gasteiger partial charge in [0.1, 0.15) is 5.75 Å². The summed E-state index contributed by atoms with van der Waals surface area (Å²) in [4.78, 5) is 10.8. The van der Waals surface area contributed by atoms with Crippen LogP contribution in [0.25, 0.3) is 16.7 Å². The lowest BCUT2D eigenvalue weighted by molar-refractivity contribution is -0.131. The van der Waals surface area contributed by atoms with E-state index in [1.54, 1.807) is 14.0 Å². The minimum atomic E-state index is -0.944. The third-order valence-corrected chi connectivity index (χ3v) is 3.36. The molecule has 21 heavy (non-hydrogen) atoms. The Morgan fingerprint density at radius 3 is 2.38 bits per heavy atom. The van der Waals surface area contributed by atoms with Crippen molar-refractivity contribution >= 4 is 11.5 Å². The molecular formula is C18H18O3. The largest absolute Gasteiger partial charge is 0.496 e. The van der Waals surface area contributed by atoms with Crippen molar-refractivity contribution in [1.29, 1.82) is 0 Å². The van der Waals surface area contributed by atoms with E-state index in [4.69, 9.17) is 9.84 Å². The van der Waals surface area contributed by atoms with E-state index in [1.807, 2.05) is 49.4 Å². The zero-order valence-electron chi connectivity index (χ0n) is 12.4. The summed E-state index contributed by atoms with van der Waals surface area (Å²) in [5, 5.41) is 8.86. The molecule has 2 rings (SSSR count). The van der Waals surface area contributed by atoms with Crippen LogP contribution in [0.4, 0.5) is 0 Å². The molecule has 0 atom stereocenters. The minimum absolute atomic E-state index is 0.707. The van der Waals surface area contributed by atoms with Crippen molar-refractivity contribution in [2.24, 2.45) is 0 Å². The van der Waals surface area contributed by atoms with Crippen molar-refractivity contribution in [3.63, 3.8) is 0 Å². The summed E-state index contributed by atoms with van der Waals surface area (Å²) in [5.74, 6) is -0.175. The van der Waals surface area contributed by atoms with Gasteiger partial charge in [-0.25, -0.2) is 4.79 Å². The van der Waals surface area contributed by atoms with Gasteiger partial charge in [0.05, 0.1) is 7.11 Å². The predicted octanol–water partition coefficient (Wildman–Crippen LogP) is 4.16. The number of carboxylic acids is 1. The number of benzene rings is 2. The third kappa shape index (κ3) is 3.51. The second-order valence-electron chi connectivity index (χ2n) is 4.95. The molecule has 2 aromatic carbocycles. The normalized spacial score (nSPS) is 11.3. The Morgan fingerprint density at radius 2 is 1.81 bits per heavy atom. The van der Waals surface area contributed by atoms with Crippen molar-refractivity contribution in [2.75, 3.05) is 7.11 Å². The number of aryl methyl sites for hydroxylation is 1. The average Bonchev–Trinajstić information content (AvgIpc) is 2.46. The van der Waals surface area contributed by atoms with Gasteiger partial charge in [-0.3, -0.25) is 0 Å². The molecule has 0 aliphatic carbocycles. The summed E-state index contributed by atoms with van der Waals surface area (Å²) in [6, 6.07) is 13.8. The first-order chi connectivity index (χ1) is 10.0. The van der Waals surface area contributed by atoms with Crippen molar-refractivity contribution < 1.29 is 14.6 Å². The number of ether oxygens (including phenoxy) is 1. The van der Waals surface area contributed by atoms with Gasteiger partial charge in [0.25, 0.3) is 0 Å². The highest BCUT2D eigenvalue weighted by Gasteiger charge is 2.08. The van der Waals surface area contributed by atoms with Crippen LogP contribution < -0.4 is 4.74 Å². The molecule has 0 saturated carbocycles. The van der Waals surface area contributed by atoms with E-state index >= 15 is 0 Å². The van der Waals surface area contributed by atoms with E-state index in [2.05, 4.69) is 0 Å². The third-order valence-electron chi connectivity index (χ3n) is 3.36. The smallest absolute Gasteiger partial charge is 0.328 e. The molecule has 0 radical (unpaired) electrons. The Kier molecular flexibility index (Phi) is 4.43. The lowest BCUT2D eigenvalue weighted by Gasteiger charge is -2.11. The Labute approximate surface area is 124 Å². The van der Waals surface area contributed by atoms with E-state index in [9.17, 15) is 4.79 Å². The molecule has 0 spiro atoms. The van der Waals surface area contributed by atoms with Crippen LogP contribution in [0.1, 0.15) is 18.1 Å². The maximum atomic E-state index is 10.8. The van der Waals surface area contributed by atoms with Gasteiger partial charge in [0.15, 0.2) is 0 Å². The maximum absolute atomic E-state index is 10.8. The molecule has 1 N–H and O–H groups in total. The molecule has 3 nitrogen and oxygen atoms in total. The second-order valence-corrected chi connectivity index (χ2v) is 4.95. The first-order valence-electron chi connectivity index (χ1n) is 6.68. The Bertz CT molecular complexity index is 682. The fraction of sp³-hybridized carbons (Fsp3) is 0.167. The van der Waals surface area contributed by atoms with E-state index in [1.165, 1.54) is 11.6 Å². The fourth-order valence-corrected chi connectivity index (χ4v) is 2.18. The molecular weight excluding hydrogens is 264 g/mol. The topological polar surface area (TPSA) is 46.5 Å². The molecule has 0 heterocycles. The van der Waals surface area contributed by atoms with E-state index in [0.717, 1.165) is 22.4 Å². The molecule has 0 aliphatic heterocycles. The lowest BCUT2D eigenvalue weighted by Crippen LogP contribution is -1.93. The lowest BCUT2D eigenvalue weighted by atomic mass is 9.98. The number of methoxy groups -OCH3 is 1. The zero-order valence-corrected chi connectivity index (χ0v) is 12.4. The van der Waals surface area contributed by atoms with E-state index in [0.29, 0.717) is 5.57 Å². The van der Waals surface area contributed by atoms with Crippen LogP contribution in [0.15, 0.2) is 48.5 Å². The SMILES string of the molecule is COc1ccc(/C(C)=C/C(=O)O)cc1-c1ccc(C)cc1. The van der Waals surface area contributed by atoms with E-state index < -0.39 is 5.97 Å². The summed E-state index contributed by atoms with van der Waals surface area (Å²) < 4.78 is 5.41. The monoisotopic (exact) mass is 282 g/mol. The van der Waals surface area contributed by atoms with Gasteiger partial charge in [0, 0.05) is 11.6 Å². The molecule has 0 bridgehead atoms. The van der Waals surface area contributed by atoms with Crippen LogP contribution in [-0.4, -0.2) is 18.2 Å². The van der Waals surface area contributed by atoms with Gasteiger partial charge in [-0.15, -0.1) is 0 Å². The second kappa shape index (κ2) is 6.27. The number of aliphatic carboxylic acids is 1. The summed E-state index contributed by atoms with van der Waals surface area (Å²) in [6.45, 7) is 3.83. The minimum Gasteiger partial charge on any atom is -0.496 e. The van der Waals surface area contributed by atoms with Crippen molar-refractivity contribution in [3.8, 4) is 16.9 Å². The first kappa shape index (κ1) is 14.9. The molecule has 0 aliphatic rings. The molecule has 3 heteroatoms. The Balaban J connectivity index is 2.53. The van der Waals surface area contributed by atoms with Crippen molar-refractivity contribution in [1.82, 2.24) is 0 Å². The van der Waals surface area contributed by atoms with Crippen LogP contribution in [-0.2, 0) is 4.79 Å². The van der Waals surface area contributed by atoms with Gasteiger partial charge >= 0.3 is 5.97 Å². The molecule has 0 unspecified atom stereocenters. The Hall–Kier alpha value is -2.55. The van der Waals surface area contributed by atoms with Gasteiger partial charge in [-0.2, -0.15) is 0 Å². The van der Waals surface area contributed by atoms with Crippen LogP contribution in [0.2, 0.25) is 0 Å². The molecule has 0 saturated heterocycles. The quantitative estimate of drug-likeness (QED) is 0.856. The summed E-state index contributed by atoms with van der Waals surface area (Å²) >= 11 is 0. The van der Waals surface area contributed by atoms with E-state index in [-0.39, 0.29) is 0 Å². The van der Waals surface area contributed by atoms with Gasteiger partial charge < -0.3 is 9.84 Å². The highest BCUT2D eigenvalue weighted by Crippen LogP contribution is 2.32. The van der Waals surface area contributed by atoms with Gasteiger partial charge in [0.2, 0.25) is 0 Å². The van der Waals surface area contributed by atoms with Crippen molar-refractivity contribution in [3.05, 3.63) is 59.7 Å². The number of rotatable bonds is 4. The van der Waals surface area contributed by atoms with Crippen LogP contribution in [0, 0.1) is 6.92 Å². The highest BCUT2D eigenvalue weighted by atomic mass is 16.5. The molecule has 108 valence electrons. The van der Waals surface area contributed by atoms with Crippen LogP contribution >= 0.6 is 0 Å². The van der Waals surface area contributed by atoms with Gasteiger partial charge in [-0.1, -0.05) is 35.9 Å². The number of hydrogen-bond donors (Lipinski definition) is 1. The van der Waals surface area contributed by atoms with Crippen LogP contribution in [0.5, 0.6) is 5.75 Å². The maximum Gasteiger partial charge on any atom is 0.328 e. The zero-order chi connectivity index (χ0) is 15.4. The standard InChI is InChI=1S/C18H18O3/c1-12-4-6-14(7-5-12)16-11-15(8-9-17(16)21-3)13(2)10-18(19)20/h4-11H,1-3H3,(H,19,20)/b13-10+. The van der Waals surface area contributed by atoms with Crippen LogP contribution in [0.3, 0.4) is 0 Å². The average molecular weight is 282 g/mol. The number of allylic oxidation sites excluding steroid dienone is 1. The first-order valence-corrected chi connectivity index (χ1v) is 6.68. The summed E-state index contributed by atoms with van der Waals surface area (Å²) in [5.41, 5.74) is 4.76. The van der Waals surface area contributed by atoms with Crippen molar-refractivity contribution in [2.45, 2.75) is 13.8 Å². The molecule has 0 amide bonds. The predicted molar refractivity (Wildman–Crippen MR) is 84.5 cm³/mol. The number of hydrogen-bond acceptors (Lipinski definition) is 2. The molecule has 2 aromatic rings. The summed E-state index contributed by atoms with van der Waals surface area (Å²) in [7, 11) is 1.63. The van der Waals surface area contributed by atoms with Gasteiger partial charge in [-0.05, 0) is 42.7 Å². The number of carboxylic acid groups (broad SMARTS) is 1.